The summed E-state index contributed by atoms with van der Waals surface area (Å²) < 4.78 is 51.4. The highest BCUT2D eigenvalue weighted by Crippen LogP contribution is 2.37. The van der Waals surface area contributed by atoms with Gasteiger partial charge in [-0.2, -0.15) is 13.2 Å². The molecule has 0 heterocycles. The van der Waals surface area contributed by atoms with Crippen LogP contribution < -0.4 is 5.32 Å². The van der Waals surface area contributed by atoms with Gasteiger partial charge in [-0.1, -0.05) is 24.6 Å². The van der Waals surface area contributed by atoms with Crippen LogP contribution in [0.25, 0.3) is 0 Å². The predicted molar refractivity (Wildman–Crippen MR) is 69.9 cm³/mol. The van der Waals surface area contributed by atoms with Crippen LogP contribution in [0.3, 0.4) is 0 Å². The van der Waals surface area contributed by atoms with Crippen molar-refractivity contribution in [3.05, 3.63) is 35.6 Å². The van der Waals surface area contributed by atoms with E-state index in [1.165, 1.54) is 6.07 Å². The summed E-state index contributed by atoms with van der Waals surface area (Å²) in [6, 6.07) is 6.38. The number of benzene rings is 1. The fourth-order valence-electron chi connectivity index (χ4n) is 2.78. The van der Waals surface area contributed by atoms with Crippen molar-refractivity contribution in [2.24, 2.45) is 5.92 Å². The summed E-state index contributed by atoms with van der Waals surface area (Å²) in [7, 11) is 0. The van der Waals surface area contributed by atoms with Crippen LogP contribution in [0.5, 0.6) is 0 Å². The van der Waals surface area contributed by atoms with Gasteiger partial charge >= 0.3 is 6.18 Å². The Morgan fingerprint density at radius 1 is 1.15 bits per heavy atom. The maximum Gasteiger partial charge on any atom is 0.391 e. The van der Waals surface area contributed by atoms with Crippen molar-refractivity contribution in [3.63, 3.8) is 0 Å². The van der Waals surface area contributed by atoms with Crippen molar-refractivity contribution >= 4 is 0 Å². The molecule has 112 valence electrons. The van der Waals surface area contributed by atoms with Gasteiger partial charge in [-0.15, -0.1) is 0 Å². The highest BCUT2D eigenvalue weighted by Gasteiger charge is 2.41. The van der Waals surface area contributed by atoms with E-state index < -0.39 is 12.1 Å². The van der Waals surface area contributed by atoms with Crippen LogP contribution in [0, 0.1) is 11.7 Å². The molecule has 1 nitrogen and oxygen atoms in total. The first-order chi connectivity index (χ1) is 9.47. The van der Waals surface area contributed by atoms with Crippen molar-refractivity contribution in [2.75, 3.05) is 6.54 Å². The average molecular weight is 289 g/mol. The van der Waals surface area contributed by atoms with Gasteiger partial charge in [0.1, 0.15) is 5.82 Å². The molecule has 0 aromatic heterocycles. The van der Waals surface area contributed by atoms with Crippen molar-refractivity contribution in [1.82, 2.24) is 5.32 Å². The Bertz CT molecular complexity index is 430. The fourth-order valence-corrected chi connectivity index (χ4v) is 2.78. The van der Waals surface area contributed by atoms with Crippen LogP contribution in [0.1, 0.15) is 31.2 Å². The molecule has 1 fully saturated rings. The molecule has 2 rings (SSSR count). The molecule has 1 aliphatic rings. The monoisotopic (exact) mass is 289 g/mol. The molecule has 0 bridgehead atoms. The lowest BCUT2D eigenvalue weighted by molar-refractivity contribution is -0.183. The van der Waals surface area contributed by atoms with E-state index in [9.17, 15) is 17.6 Å². The van der Waals surface area contributed by atoms with E-state index in [-0.39, 0.29) is 24.7 Å². The van der Waals surface area contributed by atoms with Crippen LogP contribution in [0.4, 0.5) is 17.6 Å². The third kappa shape index (κ3) is 4.20. The summed E-state index contributed by atoms with van der Waals surface area (Å²) in [6.07, 6.45) is -1.85. The number of hydrogen-bond donors (Lipinski definition) is 1. The largest absolute Gasteiger partial charge is 0.391 e. The van der Waals surface area contributed by atoms with Crippen LogP contribution in [0.2, 0.25) is 0 Å². The van der Waals surface area contributed by atoms with E-state index >= 15 is 0 Å². The van der Waals surface area contributed by atoms with Crippen molar-refractivity contribution in [3.8, 4) is 0 Å². The molecule has 1 N–H and O–H groups in total. The second-order valence-corrected chi connectivity index (χ2v) is 5.40. The van der Waals surface area contributed by atoms with Crippen LogP contribution >= 0.6 is 0 Å². The lowest BCUT2D eigenvalue weighted by Crippen LogP contribution is -2.39. The third-order valence-electron chi connectivity index (χ3n) is 3.92. The molecule has 2 atom stereocenters. The Morgan fingerprint density at radius 3 is 2.60 bits per heavy atom. The van der Waals surface area contributed by atoms with Gasteiger partial charge in [0.05, 0.1) is 5.92 Å². The topological polar surface area (TPSA) is 12.0 Å². The molecular formula is C15H19F4N. The van der Waals surface area contributed by atoms with Gasteiger partial charge in [0, 0.05) is 6.04 Å². The van der Waals surface area contributed by atoms with E-state index in [1.54, 1.807) is 18.2 Å². The molecule has 0 radical (unpaired) electrons. The summed E-state index contributed by atoms with van der Waals surface area (Å²) in [5.41, 5.74) is 0.600. The fraction of sp³-hybridized carbons (Fsp3) is 0.600. The lowest BCUT2D eigenvalue weighted by atomic mass is 9.85. The van der Waals surface area contributed by atoms with Crippen LogP contribution in [-0.2, 0) is 6.42 Å². The molecule has 0 amide bonds. The molecule has 1 aromatic carbocycles. The number of hydrogen-bond acceptors (Lipinski definition) is 1. The van der Waals surface area contributed by atoms with Gasteiger partial charge in [0.2, 0.25) is 0 Å². The number of alkyl halides is 3. The minimum atomic E-state index is -4.09. The second kappa shape index (κ2) is 6.57. The van der Waals surface area contributed by atoms with Crippen molar-refractivity contribution in [2.45, 2.75) is 44.3 Å². The van der Waals surface area contributed by atoms with Crippen LogP contribution in [0.15, 0.2) is 24.3 Å². The smallest absolute Gasteiger partial charge is 0.314 e. The van der Waals surface area contributed by atoms with Crippen LogP contribution in [-0.4, -0.2) is 18.8 Å². The van der Waals surface area contributed by atoms with Gasteiger partial charge in [-0.3, -0.25) is 0 Å². The second-order valence-electron chi connectivity index (χ2n) is 5.40. The van der Waals surface area contributed by atoms with Crippen molar-refractivity contribution in [1.29, 1.82) is 0 Å². The first-order valence-electron chi connectivity index (χ1n) is 7.00. The summed E-state index contributed by atoms with van der Waals surface area (Å²) >= 11 is 0. The molecule has 1 saturated carbocycles. The highest BCUT2D eigenvalue weighted by atomic mass is 19.4. The molecule has 0 saturated heterocycles. The Kier molecular flexibility index (Phi) is 5.02. The first-order valence-corrected chi connectivity index (χ1v) is 7.00. The van der Waals surface area contributed by atoms with Gasteiger partial charge in [-0.05, 0) is 43.9 Å². The molecule has 2 unspecified atom stereocenters. The summed E-state index contributed by atoms with van der Waals surface area (Å²) in [5.74, 6) is -1.45. The number of rotatable bonds is 4. The standard InChI is InChI=1S/C15H19F4N/c16-14-7-2-1-4-11(14)8-9-20-13-6-3-5-12(10-13)15(17,18)19/h1-2,4,7,12-13,20H,3,5-6,8-10H2. The molecule has 1 aromatic rings. The van der Waals surface area contributed by atoms with E-state index in [2.05, 4.69) is 5.32 Å². The minimum Gasteiger partial charge on any atom is -0.314 e. The van der Waals surface area contributed by atoms with E-state index in [1.807, 2.05) is 0 Å². The molecule has 1 aliphatic carbocycles. The van der Waals surface area contributed by atoms with E-state index in [0.29, 0.717) is 24.9 Å². The quantitative estimate of drug-likeness (QED) is 0.824. The van der Waals surface area contributed by atoms with Gasteiger partial charge in [-0.25, -0.2) is 4.39 Å². The Balaban J connectivity index is 1.78. The third-order valence-corrected chi connectivity index (χ3v) is 3.92. The summed E-state index contributed by atoms with van der Waals surface area (Å²) in [4.78, 5) is 0. The predicted octanol–water partition coefficient (Wildman–Crippen LogP) is 4.08. The Morgan fingerprint density at radius 2 is 1.90 bits per heavy atom. The zero-order chi connectivity index (χ0) is 14.6. The van der Waals surface area contributed by atoms with Gasteiger partial charge in [0.15, 0.2) is 0 Å². The van der Waals surface area contributed by atoms with E-state index in [4.69, 9.17) is 0 Å². The Labute approximate surface area is 116 Å². The zero-order valence-electron chi connectivity index (χ0n) is 11.2. The highest BCUT2D eigenvalue weighted by molar-refractivity contribution is 5.17. The zero-order valence-corrected chi connectivity index (χ0v) is 11.2. The molecule has 0 aliphatic heterocycles. The average Bonchev–Trinajstić information content (AvgIpc) is 2.40. The number of nitrogens with one attached hydrogen (secondary N) is 1. The summed E-state index contributed by atoms with van der Waals surface area (Å²) in [5, 5.41) is 3.13. The molecule has 5 heteroatoms. The Hall–Kier alpha value is -1.10. The first kappa shape index (κ1) is 15.3. The molecule has 0 spiro atoms. The molecule has 20 heavy (non-hydrogen) atoms. The van der Waals surface area contributed by atoms with E-state index in [0.717, 1.165) is 6.42 Å². The SMILES string of the molecule is Fc1ccccc1CCNC1CCCC(C(F)(F)F)C1. The van der Waals surface area contributed by atoms with Gasteiger partial charge in [0.25, 0.3) is 0 Å². The minimum absolute atomic E-state index is 0.109. The van der Waals surface area contributed by atoms with Gasteiger partial charge < -0.3 is 5.32 Å². The lowest BCUT2D eigenvalue weighted by Gasteiger charge is -2.31. The number of halogens is 4. The van der Waals surface area contributed by atoms with Crippen molar-refractivity contribution < 1.29 is 17.6 Å². The normalized spacial score (nSPS) is 23.8. The maximum absolute atomic E-state index is 13.4. The molecular weight excluding hydrogens is 270 g/mol. The summed E-state index contributed by atoms with van der Waals surface area (Å²) in [6.45, 7) is 0.510. The maximum atomic E-state index is 13.4.